The number of carbonyl (C=O) groups excluding carboxylic acids is 4. The molecule has 0 spiro atoms. The highest BCUT2D eigenvalue weighted by Crippen LogP contribution is 2.25. The number of hydrogen-bond donors (Lipinski definition) is 1. The van der Waals surface area contributed by atoms with E-state index in [0.29, 0.717) is 23.7 Å². The molecule has 1 aliphatic rings. The lowest BCUT2D eigenvalue weighted by Crippen LogP contribution is -2.36. The van der Waals surface area contributed by atoms with E-state index in [0.717, 1.165) is 23.3 Å². The van der Waals surface area contributed by atoms with Crippen LogP contribution in [0.2, 0.25) is 0 Å². The van der Waals surface area contributed by atoms with Gasteiger partial charge in [-0.1, -0.05) is 25.5 Å². The van der Waals surface area contributed by atoms with Crippen LogP contribution in [0.4, 0.5) is 4.79 Å². The van der Waals surface area contributed by atoms with Crippen molar-refractivity contribution in [2.45, 2.75) is 19.8 Å². The second-order valence-electron chi connectivity index (χ2n) is 6.72. The second kappa shape index (κ2) is 9.75. The summed E-state index contributed by atoms with van der Waals surface area (Å²) < 4.78 is 15.4. The van der Waals surface area contributed by atoms with Crippen LogP contribution in [0.5, 0.6) is 0 Å². The minimum Gasteiger partial charge on any atom is -0.468 e. The average molecular weight is 426 g/mol. The summed E-state index contributed by atoms with van der Waals surface area (Å²) in [5, 5.41) is 2.40. The molecule has 3 amide bonds. The molecule has 0 saturated carbocycles. The number of furan rings is 1. The maximum atomic E-state index is 12.3. The van der Waals surface area contributed by atoms with E-state index in [1.165, 1.54) is 13.2 Å². The number of ether oxygens (including phenoxy) is 2. The van der Waals surface area contributed by atoms with Gasteiger partial charge in [0.2, 0.25) is 0 Å². The van der Waals surface area contributed by atoms with Crippen LogP contribution in [0.15, 0.2) is 46.5 Å². The Morgan fingerprint density at radius 3 is 2.55 bits per heavy atom. The molecule has 162 valence electrons. The number of carbonyl (C=O) groups is 4. The van der Waals surface area contributed by atoms with Crippen LogP contribution >= 0.6 is 0 Å². The Morgan fingerprint density at radius 1 is 1.13 bits per heavy atom. The fraction of sp³-hybridized carbons (Fsp3) is 0.273. The van der Waals surface area contributed by atoms with Gasteiger partial charge in [0.05, 0.1) is 19.3 Å². The predicted octanol–water partition coefficient (Wildman–Crippen LogP) is 2.97. The summed E-state index contributed by atoms with van der Waals surface area (Å²) >= 11 is 0. The van der Waals surface area contributed by atoms with Crippen molar-refractivity contribution in [2.75, 3.05) is 20.3 Å². The van der Waals surface area contributed by atoms with Gasteiger partial charge in [-0.15, -0.1) is 0 Å². The van der Waals surface area contributed by atoms with Gasteiger partial charge in [-0.2, -0.15) is 0 Å². The predicted molar refractivity (Wildman–Crippen MR) is 110 cm³/mol. The minimum atomic E-state index is -0.713. The Morgan fingerprint density at radius 2 is 1.87 bits per heavy atom. The second-order valence-corrected chi connectivity index (χ2v) is 6.72. The van der Waals surface area contributed by atoms with Crippen molar-refractivity contribution in [3.8, 4) is 11.3 Å². The Balaban J connectivity index is 1.69. The van der Waals surface area contributed by atoms with Crippen LogP contribution in [0.25, 0.3) is 17.4 Å². The zero-order valence-electron chi connectivity index (χ0n) is 17.2. The largest absolute Gasteiger partial charge is 0.468 e. The third kappa shape index (κ3) is 5.19. The molecule has 1 N–H and O–H groups in total. The molecule has 1 aromatic carbocycles. The quantitative estimate of drug-likeness (QED) is 0.299. The summed E-state index contributed by atoms with van der Waals surface area (Å²) in [5.41, 5.74) is 1.16. The number of methoxy groups -OCH3 is 1. The summed E-state index contributed by atoms with van der Waals surface area (Å²) in [5.74, 6) is -0.888. The van der Waals surface area contributed by atoms with Crippen molar-refractivity contribution < 1.29 is 33.1 Å². The Hall–Kier alpha value is -3.88. The fourth-order valence-corrected chi connectivity index (χ4v) is 2.80. The number of benzene rings is 1. The molecule has 31 heavy (non-hydrogen) atoms. The monoisotopic (exact) mass is 426 g/mol. The van der Waals surface area contributed by atoms with E-state index in [1.54, 1.807) is 36.4 Å². The van der Waals surface area contributed by atoms with E-state index in [2.05, 4.69) is 10.1 Å². The van der Waals surface area contributed by atoms with Gasteiger partial charge in [0.25, 0.3) is 5.91 Å². The third-order valence-corrected chi connectivity index (χ3v) is 4.53. The maximum Gasteiger partial charge on any atom is 0.338 e. The van der Waals surface area contributed by atoms with Gasteiger partial charge in [-0.05, 0) is 30.7 Å². The molecule has 2 heterocycles. The van der Waals surface area contributed by atoms with Crippen LogP contribution in [-0.4, -0.2) is 49.0 Å². The Kier molecular flexibility index (Phi) is 6.86. The van der Waals surface area contributed by atoms with E-state index in [9.17, 15) is 19.2 Å². The fourth-order valence-electron chi connectivity index (χ4n) is 2.80. The maximum absolute atomic E-state index is 12.3. The summed E-state index contributed by atoms with van der Waals surface area (Å²) in [6, 6.07) is 9.38. The number of unbranched alkanes of at least 4 members (excludes halogenated alkanes) is 1. The highest BCUT2D eigenvalue weighted by atomic mass is 16.5. The number of hydrogen-bond acceptors (Lipinski definition) is 7. The normalized spacial score (nSPS) is 14.6. The smallest absolute Gasteiger partial charge is 0.338 e. The molecule has 0 bridgehead atoms. The molecule has 3 rings (SSSR count). The van der Waals surface area contributed by atoms with Crippen molar-refractivity contribution in [1.29, 1.82) is 0 Å². The van der Waals surface area contributed by atoms with Crippen molar-refractivity contribution in [3.63, 3.8) is 0 Å². The van der Waals surface area contributed by atoms with Crippen LogP contribution in [0.3, 0.4) is 0 Å². The topological polar surface area (TPSA) is 115 Å². The zero-order chi connectivity index (χ0) is 22.4. The molecule has 0 aliphatic carbocycles. The average Bonchev–Trinajstić information content (AvgIpc) is 3.34. The van der Waals surface area contributed by atoms with Crippen molar-refractivity contribution >= 4 is 30.0 Å². The number of amides is 3. The van der Waals surface area contributed by atoms with Gasteiger partial charge in [0, 0.05) is 11.6 Å². The van der Waals surface area contributed by atoms with Crippen molar-refractivity contribution in [3.05, 3.63) is 53.4 Å². The number of urea groups is 1. The lowest BCUT2D eigenvalue weighted by molar-refractivity contribution is -0.143. The SMILES string of the molecule is CCCCOC(=O)c1ccc(-c2ccc(/C=C3/NC(=O)N(CC(=O)OC)C3=O)o2)cc1. The summed E-state index contributed by atoms with van der Waals surface area (Å²) in [6.07, 6.45) is 3.14. The van der Waals surface area contributed by atoms with Crippen LogP contribution in [0.1, 0.15) is 35.9 Å². The number of esters is 2. The highest BCUT2D eigenvalue weighted by Gasteiger charge is 2.35. The van der Waals surface area contributed by atoms with Gasteiger partial charge >= 0.3 is 18.0 Å². The number of nitrogens with zero attached hydrogens (tertiary/aromatic N) is 1. The highest BCUT2D eigenvalue weighted by molar-refractivity contribution is 6.15. The van der Waals surface area contributed by atoms with E-state index >= 15 is 0 Å². The van der Waals surface area contributed by atoms with Gasteiger partial charge < -0.3 is 19.2 Å². The molecule has 0 atom stereocenters. The van der Waals surface area contributed by atoms with E-state index in [4.69, 9.17) is 9.15 Å². The van der Waals surface area contributed by atoms with Crippen LogP contribution in [0, 0.1) is 0 Å². The Labute approximate surface area is 178 Å². The van der Waals surface area contributed by atoms with Gasteiger partial charge in [0.15, 0.2) is 0 Å². The summed E-state index contributed by atoms with van der Waals surface area (Å²) in [7, 11) is 1.17. The minimum absolute atomic E-state index is 0.0139. The number of imide groups is 1. The van der Waals surface area contributed by atoms with Gasteiger partial charge in [0.1, 0.15) is 23.8 Å². The first kappa shape index (κ1) is 21.8. The first-order valence-electron chi connectivity index (χ1n) is 9.71. The molecular formula is C22H22N2O7. The molecule has 1 saturated heterocycles. The molecule has 0 unspecified atom stereocenters. The number of rotatable bonds is 8. The molecule has 0 radical (unpaired) electrons. The molecule has 1 fully saturated rings. The van der Waals surface area contributed by atoms with E-state index in [-0.39, 0.29) is 11.7 Å². The first-order valence-corrected chi connectivity index (χ1v) is 9.71. The third-order valence-electron chi connectivity index (χ3n) is 4.53. The molecule has 9 nitrogen and oxygen atoms in total. The van der Waals surface area contributed by atoms with Crippen LogP contribution < -0.4 is 5.32 Å². The molecule has 9 heteroatoms. The Bertz CT molecular complexity index is 1020. The summed E-state index contributed by atoms with van der Waals surface area (Å²) in [6.45, 7) is 1.93. The lowest BCUT2D eigenvalue weighted by Gasteiger charge is -2.08. The van der Waals surface area contributed by atoms with E-state index in [1.807, 2.05) is 6.92 Å². The number of nitrogens with one attached hydrogen (secondary N) is 1. The summed E-state index contributed by atoms with van der Waals surface area (Å²) in [4.78, 5) is 48.3. The molecule has 1 aliphatic heterocycles. The van der Waals surface area contributed by atoms with Gasteiger partial charge in [-0.25, -0.2) is 14.5 Å². The van der Waals surface area contributed by atoms with E-state index < -0.39 is 24.5 Å². The van der Waals surface area contributed by atoms with Crippen LogP contribution in [-0.2, 0) is 19.1 Å². The molecule has 2 aromatic rings. The molecule has 1 aromatic heterocycles. The standard InChI is InChI=1S/C22H22N2O7/c1-3-4-11-30-21(27)15-7-5-14(6-8-15)18-10-9-16(31-18)12-17-20(26)24(22(28)23-17)13-19(25)29-2/h5-10,12H,3-4,11,13H2,1-2H3,(H,23,28)/b17-12+. The van der Waals surface area contributed by atoms with Crippen molar-refractivity contribution in [2.24, 2.45) is 0 Å². The molecular weight excluding hydrogens is 404 g/mol. The van der Waals surface area contributed by atoms with Crippen molar-refractivity contribution in [1.82, 2.24) is 10.2 Å². The zero-order valence-corrected chi connectivity index (χ0v) is 17.2. The lowest BCUT2D eigenvalue weighted by atomic mass is 10.1. The first-order chi connectivity index (χ1) is 14.9. The van der Waals surface area contributed by atoms with Gasteiger partial charge in [-0.3, -0.25) is 9.59 Å².